The minimum atomic E-state index is -0.457. The molecule has 2 unspecified atom stereocenters. The summed E-state index contributed by atoms with van der Waals surface area (Å²) in [6.45, 7) is 7.00. The predicted octanol–water partition coefficient (Wildman–Crippen LogP) is 0.405. The van der Waals surface area contributed by atoms with Crippen molar-refractivity contribution in [3.63, 3.8) is 0 Å². The van der Waals surface area contributed by atoms with Crippen LogP contribution >= 0.6 is 0 Å². The van der Waals surface area contributed by atoms with Crippen LogP contribution in [0, 0.1) is 5.92 Å². The number of alkyl carbamates (subject to hydrolysis) is 1. The van der Waals surface area contributed by atoms with E-state index in [2.05, 4.69) is 10.6 Å². The van der Waals surface area contributed by atoms with Crippen LogP contribution in [0.15, 0.2) is 0 Å². The van der Waals surface area contributed by atoms with Crippen molar-refractivity contribution in [3.05, 3.63) is 0 Å². The number of nitrogens with one attached hydrogen (secondary N) is 2. The molecule has 5 heteroatoms. The van der Waals surface area contributed by atoms with Crippen molar-refractivity contribution in [1.29, 1.82) is 0 Å². The molecule has 4 N–H and O–H groups in total. The molecule has 1 aliphatic rings. The normalized spacial score (nSPS) is 26.4. The number of rotatable bonds is 2. The van der Waals surface area contributed by atoms with Crippen molar-refractivity contribution in [2.75, 3.05) is 13.1 Å². The Kier molecular flexibility index (Phi) is 3.93. The van der Waals surface area contributed by atoms with Crippen LogP contribution in [-0.2, 0) is 4.74 Å². The van der Waals surface area contributed by atoms with E-state index >= 15 is 0 Å². The molecule has 0 bridgehead atoms. The molecular weight excluding hydrogens is 194 g/mol. The van der Waals surface area contributed by atoms with E-state index in [1.165, 1.54) is 0 Å². The Hall–Kier alpha value is -0.810. The summed E-state index contributed by atoms with van der Waals surface area (Å²) in [5.41, 5.74) is 5.14. The first-order chi connectivity index (χ1) is 6.92. The first-order valence-electron chi connectivity index (χ1n) is 5.35. The summed E-state index contributed by atoms with van der Waals surface area (Å²) in [5.74, 6) is 0.303. The van der Waals surface area contributed by atoms with Gasteiger partial charge < -0.3 is 15.8 Å². The molecule has 0 saturated carbocycles. The molecule has 1 fully saturated rings. The fourth-order valence-electron chi connectivity index (χ4n) is 1.61. The summed E-state index contributed by atoms with van der Waals surface area (Å²) < 4.78 is 5.16. The summed E-state index contributed by atoms with van der Waals surface area (Å²) in [6, 6.07) is 0. The number of carbonyl (C=O) groups is 1. The van der Waals surface area contributed by atoms with Crippen LogP contribution in [0.2, 0.25) is 0 Å². The maximum absolute atomic E-state index is 11.5. The van der Waals surface area contributed by atoms with Crippen LogP contribution in [-0.4, -0.2) is 30.9 Å². The smallest absolute Gasteiger partial charge is 0.408 e. The average Bonchev–Trinajstić information content (AvgIpc) is 2.48. The number of ether oxygens (including phenoxy) is 1. The molecule has 0 spiro atoms. The van der Waals surface area contributed by atoms with Gasteiger partial charge in [0.1, 0.15) is 5.60 Å². The number of nitrogens with two attached hydrogens (primary N) is 1. The Bertz CT molecular complexity index is 225. The molecule has 0 aromatic heterocycles. The number of carbonyl (C=O) groups excluding carboxylic acids is 1. The van der Waals surface area contributed by atoms with E-state index in [9.17, 15) is 4.79 Å². The van der Waals surface area contributed by atoms with Gasteiger partial charge in [0.25, 0.3) is 0 Å². The predicted molar refractivity (Wildman–Crippen MR) is 58.3 cm³/mol. The Morgan fingerprint density at radius 3 is 2.80 bits per heavy atom. The van der Waals surface area contributed by atoms with Crippen molar-refractivity contribution in [1.82, 2.24) is 10.6 Å². The fourth-order valence-corrected chi connectivity index (χ4v) is 1.61. The zero-order chi connectivity index (χ0) is 11.5. The number of hydrogen-bond acceptors (Lipinski definition) is 4. The lowest BCUT2D eigenvalue weighted by molar-refractivity contribution is 0.0487. The van der Waals surface area contributed by atoms with Crippen molar-refractivity contribution < 1.29 is 9.53 Å². The second-order valence-electron chi connectivity index (χ2n) is 4.86. The van der Waals surface area contributed by atoms with E-state index in [-0.39, 0.29) is 12.3 Å². The lowest BCUT2D eigenvalue weighted by atomic mass is 10.1. The minimum absolute atomic E-state index is 0.0511. The molecule has 1 saturated heterocycles. The van der Waals surface area contributed by atoms with Gasteiger partial charge in [-0.1, -0.05) is 0 Å². The maximum Gasteiger partial charge on any atom is 0.408 e. The third-order valence-corrected chi connectivity index (χ3v) is 2.33. The standard InChI is InChI=1S/C10H21N3O2/c1-10(2,3)15-9(14)13-8-7(6-11)4-5-12-8/h7-8,12H,4-6,11H2,1-3H3,(H,13,14). The van der Waals surface area contributed by atoms with Crippen LogP contribution in [0.4, 0.5) is 4.79 Å². The first-order valence-corrected chi connectivity index (χ1v) is 5.35. The Labute approximate surface area is 90.7 Å². The quantitative estimate of drug-likeness (QED) is 0.623. The van der Waals surface area contributed by atoms with Gasteiger partial charge in [0.15, 0.2) is 0 Å². The maximum atomic E-state index is 11.5. The van der Waals surface area contributed by atoms with E-state index < -0.39 is 5.60 Å². The molecule has 0 aromatic rings. The minimum Gasteiger partial charge on any atom is -0.444 e. The van der Waals surface area contributed by atoms with E-state index in [1.54, 1.807) is 0 Å². The van der Waals surface area contributed by atoms with Crippen molar-refractivity contribution in [2.24, 2.45) is 11.7 Å². The second kappa shape index (κ2) is 4.81. The summed E-state index contributed by atoms with van der Waals surface area (Å²) in [4.78, 5) is 11.5. The van der Waals surface area contributed by atoms with Crippen LogP contribution in [0.25, 0.3) is 0 Å². The van der Waals surface area contributed by atoms with E-state index in [4.69, 9.17) is 10.5 Å². The highest BCUT2D eigenvalue weighted by atomic mass is 16.6. The van der Waals surface area contributed by atoms with Gasteiger partial charge >= 0.3 is 6.09 Å². The molecule has 2 atom stereocenters. The fraction of sp³-hybridized carbons (Fsp3) is 0.900. The monoisotopic (exact) mass is 215 g/mol. The van der Waals surface area contributed by atoms with Crippen molar-refractivity contribution >= 4 is 6.09 Å². The SMILES string of the molecule is CC(C)(C)OC(=O)NC1NCCC1CN. The highest BCUT2D eigenvalue weighted by Gasteiger charge is 2.28. The summed E-state index contributed by atoms with van der Waals surface area (Å²) in [7, 11) is 0. The van der Waals surface area contributed by atoms with Gasteiger partial charge in [-0.25, -0.2) is 4.79 Å². The lowest BCUT2D eigenvalue weighted by Gasteiger charge is -2.24. The topological polar surface area (TPSA) is 76.4 Å². The molecule has 1 amide bonds. The zero-order valence-electron chi connectivity index (χ0n) is 9.67. The van der Waals surface area contributed by atoms with Gasteiger partial charge in [-0.05, 0) is 40.3 Å². The molecule has 5 nitrogen and oxygen atoms in total. The van der Waals surface area contributed by atoms with Crippen LogP contribution in [0.3, 0.4) is 0 Å². The van der Waals surface area contributed by atoms with Crippen LogP contribution < -0.4 is 16.4 Å². The van der Waals surface area contributed by atoms with E-state index in [1.807, 2.05) is 20.8 Å². The highest BCUT2D eigenvalue weighted by Crippen LogP contribution is 2.13. The zero-order valence-corrected chi connectivity index (χ0v) is 9.67. The Balaban J connectivity index is 2.37. The molecule has 1 aliphatic heterocycles. The number of hydrogen-bond donors (Lipinski definition) is 3. The highest BCUT2D eigenvalue weighted by molar-refractivity contribution is 5.68. The molecule has 15 heavy (non-hydrogen) atoms. The Morgan fingerprint density at radius 2 is 2.27 bits per heavy atom. The largest absolute Gasteiger partial charge is 0.444 e. The molecule has 1 heterocycles. The molecule has 1 rings (SSSR count). The molecule has 88 valence electrons. The number of amides is 1. The third-order valence-electron chi connectivity index (χ3n) is 2.33. The van der Waals surface area contributed by atoms with Gasteiger partial charge in [0.05, 0.1) is 6.17 Å². The van der Waals surface area contributed by atoms with E-state index in [0.717, 1.165) is 13.0 Å². The summed E-state index contributed by atoms with van der Waals surface area (Å²) in [6.07, 6.45) is 0.557. The first kappa shape index (κ1) is 12.3. The third kappa shape index (κ3) is 4.05. The van der Waals surface area contributed by atoms with Crippen molar-refractivity contribution in [2.45, 2.75) is 39.0 Å². The van der Waals surface area contributed by atoms with Crippen molar-refractivity contribution in [3.8, 4) is 0 Å². The molecular formula is C10H21N3O2. The van der Waals surface area contributed by atoms with Crippen LogP contribution in [0.5, 0.6) is 0 Å². The van der Waals surface area contributed by atoms with Crippen LogP contribution in [0.1, 0.15) is 27.2 Å². The second-order valence-corrected chi connectivity index (χ2v) is 4.86. The van der Waals surface area contributed by atoms with Gasteiger partial charge in [-0.3, -0.25) is 5.32 Å². The Morgan fingerprint density at radius 1 is 1.60 bits per heavy atom. The van der Waals surface area contributed by atoms with Gasteiger partial charge in [-0.15, -0.1) is 0 Å². The average molecular weight is 215 g/mol. The molecule has 0 aromatic carbocycles. The van der Waals surface area contributed by atoms with Gasteiger partial charge in [0, 0.05) is 5.92 Å². The lowest BCUT2D eigenvalue weighted by Crippen LogP contribution is -2.48. The van der Waals surface area contributed by atoms with Gasteiger partial charge in [-0.2, -0.15) is 0 Å². The van der Waals surface area contributed by atoms with E-state index in [0.29, 0.717) is 12.5 Å². The molecule has 0 aliphatic carbocycles. The summed E-state index contributed by atoms with van der Waals surface area (Å²) in [5, 5.41) is 5.97. The molecule has 0 radical (unpaired) electrons. The van der Waals surface area contributed by atoms with Gasteiger partial charge in [0.2, 0.25) is 0 Å². The summed E-state index contributed by atoms with van der Waals surface area (Å²) >= 11 is 0.